The molecule has 118 valence electrons. The molecule has 0 aromatic heterocycles. The van der Waals surface area contributed by atoms with Gasteiger partial charge in [0.25, 0.3) is 10.2 Å². The normalized spacial score (nSPS) is 25.6. The molecular weight excluding hydrogens is 301 g/mol. The molecule has 0 radical (unpaired) electrons. The van der Waals surface area contributed by atoms with Crippen LogP contribution in [0.2, 0.25) is 0 Å². The van der Waals surface area contributed by atoms with E-state index in [1.165, 1.54) is 7.05 Å². The molecule has 10 heteroatoms. The number of hydrogen-bond acceptors (Lipinski definition) is 3. The highest BCUT2D eigenvalue weighted by Crippen LogP contribution is 2.46. The van der Waals surface area contributed by atoms with Crippen LogP contribution < -0.4 is 0 Å². The van der Waals surface area contributed by atoms with E-state index in [2.05, 4.69) is 0 Å². The Bertz CT molecular complexity index is 491. The van der Waals surface area contributed by atoms with Gasteiger partial charge in [-0.2, -0.15) is 30.2 Å². The Morgan fingerprint density at radius 2 is 1.90 bits per heavy atom. The number of carboxylic acids is 1. The largest absolute Gasteiger partial charge is 0.481 e. The summed E-state index contributed by atoms with van der Waals surface area (Å²) in [6.07, 6.45) is -5.78. The molecule has 1 rings (SSSR count). The average molecular weight is 318 g/mol. The van der Waals surface area contributed by atoms with Gasteiger partial charge in [-0.05, 0) is 20.3 Å². The van der Waals surface area contributed by atoms with Crippen molar-refractivity contribution in [2.45, 2.75) is 32.5 Å². The smallest absolute Gasteiger partial charge is 0.406 e. The molecule has 20 heavy (non-hydrogen) atoms. The number of carboxylic acid groups (broad SMARTS) is 1. The highest BCUT2D eigenvalue weighted by atomic mass is 32.2. The summed E-state index contributed by atoms with van der Waals surface area (Å²) >= 11 is 0. The zero-order valence-corrected chi connectivity index (χ0v) is 12.1. The van der Waals surface area contributed by atoms with E-state index < -0.39 is 53.3 Å². The summed E-state index contributed by atoms with van der Waals surface area (Å²) in [5, 5.41) is 8.88. The van der Waals surface area contributed by atoms with Crippen LogP contribution in [0.15, 0.2) is 0 Å². The van der Waals surface area contributed by atoms with Crippen molar-refractivity contribution >= 4 is 16.2 Å². The maximum atomic E-state index is 13.0. The molecule has 0 aromatic rings. The summed E-state index contributed by atoms with van der Waals surface area (Å²) in [6.45, 7) is 1.58. The summed E-state index contributed by atoms with van der Waals surface area (Å²) < 4.78 is 64.6. The summed E-state index contributed by atoms with van der Waals surface area (Å²) in [5.74, 6) is -2.05. The van der Waals surface area contributed by atoms with Crippen molar-refractivity contribution in [1.82, 2.24) is 8.61 Å². The van der Waals surface area contributed by atoms with Crippen LogP contribution >= 0.6 is 0 Å². The number of carbonyl (C=O) groups is 1. The molecule has 0 saturated carbocycles. The van der Waals surface area contributed by atoms with E-state index in [0.29, 0.717) is 4.31 Å². The lowest BCUT2D eigenvalue weighted by atomic mass is 9.86. The highest BCUT2D eigenvalue weighted by molar-refractivity contribution is 7.86. The van der Waals surface area contributed by atoms with Crippen molar-refractivity contribution in [3.8, 4) is 0 Å². The van der Waals surface area contributed by atoms with Gasteiger partial charge < -0.3 is 5.11 Å². The molecule has 0 aromatic carbocycles. The van der Waals surface area contributed by atoms with Gasteiger partial charge in [-0.3, -0.25) is 4.79 Å². The molecule has 0 amide bonds. The fourth-order valence-corrected chi connectivity index (χ4v) is 3.55. The van der Waals surface area contributed by atoms with Crippen LogP contribution in [0.1, 0.15) is 20.3 Å². The molecule has 1 fully saturated rings. The lowest BCUT2D eigenvalue weighted by Gasteiger charge is -2.29. The Hall–Kier alpha value is -0.870. The molecule has 0 bridgehead atoms. The minimum absolute atomic E-state index is 0.439. The summed E-state index contributed by atoms with van der Waals surface area (Å²) in [5.41, 5.74) is -3.03. The monoisotopic (exact) mass is 318 g/mol. The first-order chi connectivity index (χ1) is 8.86. The third-order valence-electron chi connectivity index (χ3n) is 3.60. The fourth-order valence-electron chi connectivity index (χ4n) is 1.95. The first kappa shape index (κ1) is 17.2. The van der Waals surface area contributed by atoms with E-state index in [1.54, 1.807) is 13.8 Å². The zero-order chi connectivity index (χ0) is 15.9. The Balaban J connectivity index is 3.10. The number of rotatable bonds is 4. The second kappa shape index (κ2) is 5.15. The lowest BCUT2D eigenvalue weighted by molar-refractivity contribution is -0.226. The van der Waals surface area contributed by atoms with Crippen LogP contribution in [0.25, 0.3) is 0 Å². The van der Waals surface area contributed by atoms with E-state index in [9.17, 15) is 26.4 Å². The molecule has 1 aliphatic heterocycles. The van der Waals surface area contributed by atoms with E-state index >= 15 is 0 Å². The quantitative estimate of drug-likeness (QED) is 0.836. The molecule has 1 atom stereocenters. The van der Waals surface area contributed by atoms with E-state index in [0.717, 1.165) is 4.31 Å². The van der Waals surface area contributed by atoms with Gasteiger partial charge in [-0.15, -0.1) is 0 Å². The molecule has 1 aliphatic rings. The standard InChI is InChI=1S/C10H17F3N2O4S/c1-7(2)14(3)20(18,19)15-5-4-9(6-15,8(16)17)10(11,12)13/h7H,4-6H2,1-3H3,(H,16,17). The molecule has 1 unspecified atom stereocenters. The highest BCUT2D eigenvalue weighted by Gasteiger charge is 2.65. The first-order valence-electron chi connectivity index (χ1n) is 5.89. The van der Waals surface area contributed by atoms with Crippen molar-refractivity contribution in [3.05, 3.63) is 0 Å². The van der Waals surface area contributed by atoms with Gasteiger partial charge in [0.1, 0.15) is 0 Å². The Labute approximate surface area is 115 Å². The average Bonchev–Trinajstić information content (AvgIpc) is 2.73. The Kier molecular flexibility index (Phi) is 4.43. The molecule has 6 nitrogen and oxygen atoms in total. The van der Waals surface area contributed by atoms with Crippen molar-refractivity contribution in [2.75, 3.05) is 20.1 Å². The molecule has 1 saturated heterocycles. The number of alkyl halides is 3. The zero-order valence-electron chi connectivity index (χ0n) is 11.3. The topological polar surface area (TPSA) is 77.9 Å². The van der Waals surface area contributed by atoms with Gasteiger partial charge in [-0.25, -0.2) is 0 Å². The molecule has 1 N–H and O–H groups in total. The second-order valence-corrected chi connectivity index (χ2v) is 7.07. The van der Waals surface area contributed by atoms with Crippen LogP contribution in [-0.4, -0.2) is 60.5 Å². The second-order valence-electron chi connectivity index (χ2n) is 5.09. The predicted octanol–water partition coefficient (Wildman–Crippen LogP) is 0.910. The minimum Gasteiger partial charge on any atom is -0.481 e. The number of aliphatic carboxylic acids is 1. The third-order valence-corrected chi connectivity index (χ3v) is 5.72. The van der Waals surface area contributed by atoms with E-state index in [4.69, 9.17) is 5.11 Å². The fraction of sp³-hybridized carbons (Fsp3) is 0.900. The minimum atomic E-state index is -5.00. The molecule has 0 spiro atoms. The van der Waals surface area contributed by atoms with Gasteiger partial charge in [0, 0.05) is 26.2 Å². The van der Waals surface area contributed by atoms with Crippen molar-refractivity contribution in [2.24, 2.45) is 5.41 Å². The van der Waals surface area contributed by atoms with Gasteiger partial charge in [0.05, 0.1) is 0 Å². The first-order valence-corrected chi connectivity index (χ1v) is 7.29. The summed E-state index contributed by atoms with van der Waals surface area (Å²) in [7, 11) is -2.86. The Morgan fingerprint density at radius 1 is 1.40 bits per heavy atom. The molecule has 0 aliphatic carbocycles. The lowest BCUT2D eigenvalue weighted by Crippen LogP contribution is -2.50. The van der Waals surface area contributed by atoms with Crippen LogP contribution in [0.3, 0.4) is 0 Å². The van der Waals surface area contributed by atoms with Crippen LogP contribution in [0.5, 0.6) is 0 Å². The number of halogens is 3. The number of hydrogen-bond donors (Lipinski definition) is 1. The maximum absolute atomic E-state index is 13.0. The van der Waals surface area contributed by atoms with Crippen LogP contribution in [-0.2, 0) is 15.0 Å². The molecular formula is C10H17F3N2O4S. The summed E-state index contributed by atoms with van der Waals surface area (Å²) in [6, 6.07) is -0.439. The van der Waals surface area contributed by atoms with Gasteiger partial charge in [-0.1, -0.05) is 0 Å². The third kappa shape index (κ3) is 2.63. The SMILES string of the molecule is CC(C)N(C)S(=O)(=O)N1CCC(C(=O)O)(C(F)(F)F)C1. The van der Waals surface area contributed by atoms with Gasteiger partial charge >= 0.3 is 12.1 Å². The molecule has 1 heterocycles. The van der Waals surface area contributed by atoms with Gasteiger partial charge in [0.2, 0.25) is 0 Å². The number of nitrogens with zero attached hydrogens (tertiary/aromatic N) is 2. The Morgan fingerprint density at radius 3 is 2.20 bits per heavy atom. The van der Waals surface area contributed by atoms with Crippen molar-refractivity contribution in [3.63, 3.8) is 0 Å². The van der Waals surface area contributed by atoms with Crippen LogP contribution in [0, 0.1) is 5.41 Å². The van der Waals surface area contributed by atoms with Gasteiger partial charge in [0.15, 0.2) is 5.41 Å². The summed E-state index contributed by atoms with van der Waals surface area (Å²) in [4.78, 5) is 11.0. The maximum Gasteiger partial charge on any atom is 0.406 e. The van der Waals surface area contributed by atoms with E-state index in [-0.39, 0.29) is 0 Å². The van der Waals surface area contributed by atoms with Crippen LogP contribution in [0.4, 0.5) is 13.2 Å². The van der Waals surface area contributed by atoms with Crippen molar-refractivity contribution in [1.29, 1.82) is 0 Å². The predicted molar refractivity (Wildman–Crippen MR) is 64.1 cm³/mol. The van der Waals surface area contributed by atoms with Crippen molar-refractivity contribution < 1.29 is 31.5 Å². The van der Waals surface area contributed by atoms with E-state index in [1.807, 2.05) is 0 Å².